The van der Waals surface area contributed by atoms with Crippen molar-refractivity contribution in [3.63, 3.8) is 0 Å². The zero-order chi connectivity index (χ0) is 21.1. The van der Waals surface area contributed by atoms with Crippen molar-refractivity contribution in [1.29, 1.82) is 0 Å². The van der Waals surface area contributed by atoms with Gasteiger partial charge in [-0.05, 0) is 74.7 Å². The number of fused-ring (bicyclic) bond motifs is 1. The Hall–Kier alpha value is -3.08. The summed E-state index contributed by atoms with van der Waals surface area (Å²) in [6.07, 6.45) is 6.98. The molecule has 1 aromatic heterocycles. The lowest BCUT2D eigenvalue weighted by molar-refractivity contribution is -0.692. The predicted octanol–water partition coefficient (Wildman–Crippen LogP) is 4.54. The number of hydrogen-bond acceptors (Lipinski definition) is 2. The van der Waals surface area contributed by atoms with Crippen molar-refractivity contribution in [2.45, 2.75) is 46.1 Å². The summed E-state index contributed by atoms with van der Waals surface area (Å²) in [6.45, 7) is 5.29. The van der Waals surface area contributed by atoms with E-state index in [0.717, 1.165) is 30.1 Å². The maximum atomic E-state index is 11.7. The number of hydrogen-bond donors (Lipinski definition) is 0. The quantitative estimate of drug-likeness (QED) is 0.586. The normalized spacial score (nSPS) is 13.4. The van der Waals surface area contributed by atoms with Crippen molar-refractivity contribution in [1.82, 2.24) is 4.57 Å². The molecule has 0 atom stereocenters. The molecule has 156 valence electrons. The highest BCUT2D eigenvalue weighted by molar-refractivity contribution is 5.91. The molecule has 4 rings (SSSR count). The molecule has 0 bridgehead atoms. The van der Waals surface area contributed by atoms with Gasteiger partial charge in [-0.2, -0.15) is 4.57 Å². The molecule has 2 aromatic carbocycles. The summed E-state index contributed by atoms with van der Waals surface area (Å²) >= 11 is 0. The van der Waals surface area contributed by atoms with Crippen LogP contribution in [0.15, 0.2) is 54.7 Å². The van der Waals surface area contributed by atoms with E-state index in [1.807, 2.05) is 31.2 Å². The number of benzene rings is 2. The van der Waals surface area contributed by atoms with Crippen LogP contribution in [0.4, 0.5) is 5.69 Å². The van der Waals surface area contributed by atoms with E-state index in [-0.39, 0.29) is 5.91 Å². The molecule has 5 heteroatoms. The first-order chi connectivity index (χ1) is 14.6. The third kappa shape index (κ3) is 3.97. The van der Waals surface area contributed by atoms with Gasteiger partial charge >= 0.3 is 0 Å². The van der Waals surface area contributed by atoms with Crippen molar-refractivity contribution >= 4 is 11.6 Å². The van der Waals surface area contributed by atoms with E-state index in [1.54, 1.807) is 18.9 Å². The Kier molecular flexibility index (Phi) is 5.88. The Morgan fingerprint density at radius 2 is 1.80 bits per heavy atom. The van der Waals surface area contributed by atoms with Gasteiger partial charge in [-0.3, -0.25) is 4.79 Å². The number of carbonyl (C=O) groups is 1. The van der Waals surface area contributed by atoms with Gasteiger partial charge in [-0.25, -0.2) is 4.57 Å². The lowest BCUT2D eigenvalue weighted by Gasteiger charge is -2.14. The number of rotatable bonds is 5. The Morgan fingerprint density at radius 3 is 2.47 bits per heavy atom. The van der Waals surface area contributed by atoms with E-state index in [9.17, 15) is 4.79 Å². The number of anilines is 1. The van der Waals surface area contributed by atoms with Gasteiger partial charge in [0.15, 0.2) is 5.69 Å². The minimum Gasteiger partial charge on any atom is -0.494 e. The first-order valence-corrected chi connectivity index (χ1v) is 10.8. The number of amides is 1. The Balaban J connectivity index is 1.74. The summed E-state index contributed by atoms with van der Waals surface area (Å²) in [7, 11) is 1.81. The molecule has 0 saturated heterocycles. The van der Waals surface area contributed by atoms with Crippen LogP contribution in [0.3, 0.4) is 0 Å². The fourth-order valence-corrected chi connectivity index (χ4v) is 4.13. The van der Waals surface area contributed by atoms with E-state index in [2.05, 4.69) is 39.6 Å². The van der Waals surface area contributed by atoms with Gasteiger partial charge in [0.25, 0.3) is 5.82 Å². The van der Waals surface area contributed by atoms with Crippen molar-refractivity contribution in [3.05, 3.63) is 60.6 Å². The lowest BCUT2D eigenvalue weighted by atomic mass is 10.1. The molecule has 1 amide bonds. The molecule has 0 radical (unpaired) electrons. The molecule has 0 N–H and O–H groups in total. The molecule has 0 saturated carbocycles. The molecule has 2 heterocycles. The molecule has 0 unspecified atom stereocenters. The Bertz CT molecular complexity index is 1020. The lowest BCUT2D eigenvalue weighted by Crippen LogP contribution is -2.38. The molecule has 0 aliphatic carbocycles. The molecule has 30 heavy (non-hydrogen) atoms. The Morgan fingerprint density at radius 1 is 1.07 bits per heavy atom. The van der Waals surface area contributed by atoms with Crippen LogP contribution in [0, 0.1) is 0 Å². The van der Waals surface area contributed by atoms with Crippen LogP contribution in [-0.4, -0.2) is 24.1 Å². The van der Waals surface area contributed by atoms with Crippen LogP contribution in [0.2, 0.25) is 0 Å². The number of imidazole rings is 1. The van der Waals surface area contributed by atoms with Crippen LogP contribution in [0.25, 0.3) is 16.9 Å². The van der Waals surface area contributed by atoms with E-state index < -0.39 is 0 Å². The molecule has 1 aliphatic heterocycles. The van der Waals surface area contributed by atoms with Crippen molar-refractivity contribution in [3.8, 4) is 22.7 Å². The van der Waals surface area contributed by atoms with E-state index in [1.165, 1.54) is 36.3 Å². The molecule has 1 aliphatic rings. The van der Waals surface area contributed by atoms with E-state index in [0.29, 0.717) is 6.61 Å². The molecular weight excluding hydrogens is 374 g/mol. The van der Waals surface area contributed by atoms with Crippen molar-refractivity contribution < 1.29 is 14.1 Å². The minimum absolute atomic E-state index is 0.0349. The smallest absolute Gasteiger partial charge is 0.262 e. The second-order valence-electron chi connectivity index (χ2n) is 7.81. The average molecular weight is 405 g/mol. The summed E-state index contributed by atoms with van der Waals surface area (Å²) in [5, 5.41) is 0. The Labute approximate surface area is 178 Å². The number of carbonyl (C=O) groups excluding carboxylic acids is 1. The standard InChI is InChI=1S/C25H30N3O2/c1-4-30-23-15-13-22(14-16-23)28-18-24(27-17-7-5-6-8-25(27)28)20-9-11-21(12-10-20)26(3)19(2)29/h9-16,18H,4-8,17H2,1-3H3/q+1. The van der Waals surface area contributed by atoms with Gasteiger partial charge in [0.1, 0.15) is 17.6 Å². The zero-order valence-corrected chi connectivity index (χ0v) is 18.1. The maximum absolute atomic E-state index is 11.7. The highest BCUT2D eigenvalue weighted by Gasteiger charge is 2.27. The fraction of sp³-hybridized carbons (Fsp3) is 0.360. The molecular formula is C25H30N3O2+. The van der Waals surface area contributed by atoms with Crippen LogP contribution >= 0.6 is 0 Å². The van der Waals surface area contributed by atoms with Gasteiger partial charge in [0, 0.05) is 31.6 Å². The van der Waals surface area contributed by atoms with Crippen LogP contribution in [0.1, 0.15) is 38.9 Å². The van der Waals surface area contributed by atoms with Gasteiger partial charge in [-0.1, -0.05) is 0 Å². The van der Waals surface area contributed by atoms with Gasteiger partial charge in [0.05, 0.1) is 13.2 Å². The average Bonchev–Trinajstić information content (AvgIpc) is 2.95. The van der Waals surface area contributed by atoms with Crippen molar-refractivity contribution in [2.24, 2.45) is 0 Å². The fourth-order valence-electron chi connectivity index (χ4n) is 4.13. The van der Waals surface area contributed by atoms with E-state index >= 15 is 0 Å². The second-order valence-corrected chi connectivity index (χ2v) is 7.81. The SMILES string of the molecule is CCOc1ccc(-n2cc(-c3ccc(N(C)C(C)=O)cc3)[n+]3c2CCCCC3)cc1. The predicted molar refractivity (Wildman–Crippen MR) is 119 cm³/mol. The van der Waals surface area contributed by atoms with Gasteiger partial charge < -0.3 is 9.64 Å². The highest BCUT2D eigenvalue weighted by atomic mass is 16.5. The number of nitrogens with zero attached hydrogens (tertiary/aromatic N) is 3. The summed E-state index contributed by atoms with van der Waals surface area (Å²) in [6, 6.07) is 16.6. The topological polar surface area (TPSA) is 38.4 Å². The first-order valence-electron chi connectivity index (χ1n) is 10.8. The van der Waals surface area contributed by atoms with Crippen molar-refractivity contribution in [2.75, 3.05) is 18.6 Å². The van der Waals surface area contributed by atoms with Crippen LogP contribution in [-0.2, 0) is 17.8 Å². The molecule has 3 aromatic rings. The van der Waals surface area contributed by atoms with Crippen LogP contribution < -0.4 is 14.2 Å². The minimum atomic E-state index is 0.0349. The summed E-state index contributed by atoms with van der Waals surface area (Å²) in [5.41, 5.74) is 4.46. The summed E-state index contributed by atoms with van der Waals surface area (Å²) < 4.78 is 10.4. The largest absolute Gasteiger partial charge is 0.494 e. The van der Waals surface area contributed by atoms with Crippen LogP contribution in [0.5, 0.6) is 5.75 Å². The maximum Gasteiger partial charge on any atom is 0.262 e. The third-order valence-electron chi connectivity index (χ3n) is 5.86. The molecule has 0 spiro atoms. The highest BCUT2D eigenvalue weighted by Crippen LogP contribution is 2.26. The van der Waals surface area contributed by atoms with Gasteiger partial charge in [0.2, 0.25) is 5.91 Å². The number of aromatic nitrogens is 2. The molecule has 5 nitrogen and oxygen atoms in total. The van der Waals surface area contributed by atoms with Gasteiger partial charge in [-0.15, -0.1) is 0 Å². The van der Waals surface area contributed by atoms with E-state index in [4.69, 9.17) is 4.74 Å². The zero-order valence-electron chi connectivity index (χ0n) is 18.1. The monoisotopic (exact) mass is 404 g/mol. The first kappa shape index (κ1) is 20.2. The third-order valence-corrected chi connectivity index (χ3v) is 5.86. The summed E-state index contributed by atoms with van der Waals surface area (Å²) in [4.78, 5) is 13.3. The number of ether oxygens (including phenoxy) is 1. The second kappa shape index (κ2) is 8.74. The summed E-state index contributed by atoms with van der Waals surface area (Å²) in [5.74, 6) is 2.28. The molecule has 0 fully saturated rings.